The highest BCUT2D eigenvalue weighted by atomic mass is 32.2. The minimum atomic E-state index is 1.10. The Morgan fingerprint density at radius 1 is 1.12 bits per heavy atom. The molecule has 2 heteroatoms. The van der Waals surface area contributed by atoms with Crippen molar-refractivity contribution in [3.05, 3.63) is 30.3 Å². The third-order valence-electron chi connectivity index (χ3n) is 0.879. The van der Waals surface area contributed by atoms with Gasteiger partial charge in [0.25, 0.3) is 0 Å². The van der Waals surface area contributed by atoms with Crippen LogP contribution in [0, 0.1) is 0 Å². The lowest BCUT2D eigenvalue weighted by Gasteiger charge is -1.88. The lowest BCUT2D eigenvalue weighted by Crippen LogP contribution is -1.75. The van der Waals surface area contributed by atoms with Crippen molar-refractivity contribution in [2.24, 2.45) is 5.14 Å². The molecule has 1 rings (SSSR count). The predicted molar refractivity (Wildman–Crippen MR) is 36.5 cm³/mol. The second-order valence-electron chi connectivity index (χ2n) is 1.43. The summed E-state index contributed by atoms with van der Waals surface area (Å²) in [5.41, 5.74) is 0. The first-order valence-corrected chi connectivity index (χ1v) is 3.23. The SMILES string of the molecule is NSc1ccccc1. The first kappa shape index (κ1) is 5.66. The van der Waals surface area contributed by atoms with Crippen molar-refractivity contribution in [2.45, 2.75) is 4.90 Å². The van der Waals surface area contributed by atoms with E-state index in [4.69, 9.17) is 5.14 Å². The number of nitrogens with two attached hydrogens (primary N) is 1. The largest absolute Gasteiger partial charge is 0.274 e. The van der Waals surface area contributed by atoms with E-state index in [2.05, 4.69) is 0 Å². The van der Waals surface area contributed by atoms with Crippen molar-refractivity contribution < 1.29 is 0 Å². The first-order valence-electron chi connectivity index (χ1n) is 2.35. The fourth-order valence-corrected chi connectivity index (χ4v) is 0.813. The Morgan fingerprint density at radius 2 is 1.75 bits per heavy atom. The van der Waals surface area contributed by atoms with Crippen molar-refractivity contribution >= 4 is 11.9 Å². The van der Waals surface area contributed by atoms with E-state index in [1.165, 1.54) is 11.9 Å². The summed E-state index contributed by atoms with van der Waals surface area (Å²) in [6, 6.07) is 9.86. The molecule has 0 saturated carbocycles. The Bertz CT molecular complexity index is 150. The molecule has 1 aromatic carbocycles. The van der Waals surface area contributed by atoms with Gasteiger partial charge in [0.15, 0.2) is 0 Å². The number of rotatable bonds is 1. The Morgan fingerprint density at radius 3 is 2.12 bits per heavy atom. The van der Waals surface area contributed by atoms with Crippen LogP contribution in [0.25, 0.3) is 0 Å². The zero-order chi connectivity index (χ0) is 5.82. The van der Waals surface area contributed by atoms with E-state index in [0.29, 0.717) is 0 Å². The smallest absolute Gasteiger partial charge is 0.0225 e. The average Bonchev–Trinajstić information content (AvgIpc) is 1.90. The van der Waals surface area contributed by atoms with Gasteiger partial charge in [-0.15, -0.1) is 0 Å². The van der Waals surface area contributed by atoms with Crippen molar-refractivity contribution in [1.82, 2.24) is 0 Å². The van der Waals surface area contributed by atoms with Gasteiger partial charge < -0.3 is 0 Å². The van der Waals surface area contributed by atoms with Gasteiger partial charge in [0.05, 0.1) is 0 Å². The highest BCUT2D eigenvalue weighted by Gasteiger charge is 1.81. The molecule has 0 amide bonds. The number of benzene rings is 1. The quantitative estimate of drug-likeness (QED) is 0.577. The third kappa shape index (κ3) is 1.25. The Hall–Kier alpha value is -0.470. The maximum Gasteiger partial charge on any atom is 0.0225 e. The summed E-state index contributed by atoms with van der Waals surface area (Å²) in [7, 11) is 0. The molecular weight excluding hydrogens is 118 g/mol. The van der Waals surface area contributed by atoms with E-state index in [1.54, 1.807) is 0 Å². The maximum absolute atomic E-state index is 5.27. The van der Waals surface area contributed by atoms with Crippen molar-refractivity contribution in [3.63, 3.8) is 0 Å². The van der Waals surface area contributed by atoms with Gasteiger partial charge in [-0.05, 0) is 24.1 Å². The Kier molecular flexibility index (Phi) is 1.94. The summed E-state index contributed by atoms with van der Waals surface area (Å²) < 4.78 is 0. The van der Waals surface area contributed by atoms with E-state index in [9.17, 15) is 0 Å². The summed E-state index contributed by atoms with van der Waals surface area (Å²) in [6.45, 7) is 0. The average molecular weight is 125 g/mol. The minimum absolute atomic E-state index is 1.10. The van der Waals surface area contributed by atoms with E-state index in [0.717, 1.165) is 4.90 Å². The molecule has 0 heterocycles. The second-order valence-corrected chi connectivity index (χ2v) is 2.14. The van der Waals surface area contributed by atoms with Gasteiger partial charge in [0.1, 0.15) is 0 Å². The van der Waals surface area contributed by atoms with Gasteiger partial charge in [-0.1, -0.05) is 18.2 Å². The topological polar surface area (TPSA) is 26.0 Å². The molecule has 0 unspecified atom stereocenters. The van der Waals surface area contributed by atoms with Gasteiger partial charge in [-0.3, -0.25) is 5.14 Å². The van der Waals surface area contributed by atoms with Crippen LogP contribution >= 0.6 is 11.9 Å². The second kappa shape index (κ2) is 2.74. The van der Waals surface area contributed by atoms with Crippen LogP contribution in [0.4, 0.5) is 0 Å². The fourth-order valence-electron chi connectivity index (χ4n) is 0.499. The van der Waals surface area contributed by atoms with Gasteiger partial charge >= 0.3 is 0 Å². The molecule has 0 fully saturated rings. The molecule has 0 aromatic heterocycles. The normalized spacial score (nSPS) is 9.12. The highest BCUT2D eigenvalue weighted by Crippen LogP contribution is 2.08. The van der Waals surface area contributed by atoms with Crippen molar-refractivity contribution in [3.8, 4) is 0 Å². The molecule has 8 heavy (non-hydrogen) atoms. The van der Waals surface area contributed by atoms with Gasteiger partial charge in [-0.2, -0.15) is 0 Å². The van der Waals surface area contributed by atoms with E-state index in [-0.39, 0.29) is 0 Å². The molecule has 42 valence electrons. The third-order valence-corrected chi connectivity index (χ3v) is 1.42. The lowest BCUT2D eigenvalue weighted by atomic mass is 10.4. The summed E-state index contributed by atoms with van der Waals surface area (Å²) in [5, 5.41) is 5.27. The molecule has 0 aliphatic rings. The molecule has 0 atom stereocenters. The van der Waals surface area contributed by atoms with E-state index in [1.807, 2.05) is 30.3 Å². The molecule has 0 radical (unpaired) electrons. The molecule has 0 bridgehead atoms. The van der Waals surface area contributed by atoms with Gasteiger partial charge in [0, 0.05) is 4.90 Å². The molecule has 1 aromatic rings. The molecule has 0 spiro atoms. The van der Waals surface area contributed by atoms with Crippen LogP contribution in [0.1, 0.15) is 0 Å². The number of hydrogen-bond acceptors (Lipinski definition) is 2. The van der Waals surface area contributed by atoms with Gasteiger partial charge in [-0.25, -0.2) is 0 Å². The first-order chi connectivity index (χ1) is 3.93. The predicted octanol–water partition coefficient (Wildman–Crippen LogP) is 1.65. The van der Waals surface area contributed by atoms with Crippen LogP contribution in [0.3, 0.4) is 0 Å². The molecule has 0 aliphatic heterocycles. The molecule has 0 aliphatic carbocycles. The van der Waals surface area contributed by atoms with Crippen LogP contribution < -0.4 is 5.14 Å². The molecule has 1 nitrogen and oxygen atoms in total. The molecule has 0 saturated heterocycles. The van der Waals surface area contributed by atoms with Crippen LogP contribution in [-0.4, -0.2) is 0 Å². The lowest BCUT2D eigenvalue weighted by molar-refractivity contribution is 1.46. The van der Waals surface area contributed by atoms with E-state index >= 15 is 0 Å². The zero-order valence-electron chi connectivity index (χ0n) is 4.37. The molecule has 2 N–H and O–H groups in total. The highest BCUT2D eigenvalue weighted by molar-refractivity contribution is 7.97. The summed E-state index contributed by atoms with van der Waals surface area (Å²) in [4.78, 5) is 1.10. The fraction of sp³-hybridized carbons (Fsp3) is 0. The van der Waals surface area contributed by atoms with Crippen molar-refractivity contribution in [1.29, 1.82) is 0 Å². The van der Waals surface area contributed by atoms with Crippen LogP contribution in [0.5, 0.6) is 0 Å². The number of hydrogen-bond donors (Lipinski definition) is 1. The summed E-state index contributed by atoms with van der Waals surface area (Å²) >= 11 is 1.27. The van der Waals surface area contributed by atoms with Crippen LogP contribution in [-0.2, 0) is 0 Å². The Labute approximate surface area is 53.0 Å². The Balaban J connectivity index is 2.83. The van der Waals surface area contributed by atoms with Crippen molar-refractivity contribution in [2.75, 3.05) is 0 Å². The zero-order valence-corrected chi connectivity index (χ0v) is 5.19. The standard InChI is InChI=1S/C6H7NS/c7-8-6-4-2-1-3-5-6/h1-5H,7H2. The van der Waals surface area contributed by atoms with Crippen LogP contribution in [0.15, 0.2) is 35.2 Å². The maximum atomic E-state index is 5.27. The van der Waals surface area contributed by atoms with Gasteiger partial charge in [0.2, 0.25) is 0 Å². The summed E-state index contributed by atoms with van der Waals surface area (Å²) in [6.07, 6.45) is 0. The molecular formula is C6H7NS. The van der Waals surface area contributed by atoms with E-state index < -0.39 is 0 Å². The minimum Gasteiger partial charge on any atom is -0.274 e. The van der Waals surface area contributed by atoms with Crippen LogP contribution in [0.2, 0.25) is 0 Å². The monoisotopic (exact) mass is 125 g/mol. The summed E-state index contributed by atoms with van der Waals surface area (Å²) in [5.74, 6) is 0.